The molecule has 0 unspecified atom stereocenters. The highest BCUT2D eigenvalue weighted by Gasteiger charge is 2.29. The van der Waals surface area contributed by atoms with Crippen molar-refractivity contribution in [2.45, 2.75) is 25.7 Å². The Morgan fingerprint density at radius 2 is 2.00 bits per heavy atom. The number of carboxylic acid groups (broad SMARTS) is 1. The summed E-state index contributed by atoms with van der Waals surface area (Å²) in [4.78, 5) is 21.6. The molecule has 1 rings (SSSR count). The van der Waals surface area contributed by atoms with E-state index >= 15 is 0 Å². The fraction of sp³-hybridized carbons (Fsp3) is 0.455. The molecule has 4 N–H and O–H groups in total. The van der Waals surface area contributed by atoms with Gasteiger partial charge in [0.25, 0.3) is 0 Å². The summed E-state index contributed by atoms with van der Waals surface area (Å²) in [7, 11) is -3.99. The van der Waals surface area contributed by atoms with Gasteiger partial charge in [0.2, 0.25) is 21.7 Å². The monoisotopic (exact) mass is 304 g/mol. The molecule has 0 radical (unpaired) electrons. The number of aryl methyl sites for hydroxylation is 1. The van der Waals surface area contributed by atoms with Gasteiger partial charge >= 0.3 is 5.97 Å². The van der Waals surface area contributed by atoms with E-state index < -0.39 is 33.1 Å². The number of nitrogens with two attached hydrogens (primary N) is 1. The van der Waals surface area contributed by atoms with Gasteiger partial charge in [-0.1, -0.05) is 0 Å². The lowest BCUT2D eigenvalue weighted by atomic mass is 9.93. The lowest BCUT2D eigenvalue weighted by Gasteiger charge is -2.20. The summed E-state index contributed by atoms with van der Waals surface area (Å²) in [6.45, 7) is 4.10. The molecule has 0 aliphatic rings. The number of sulfonamides is 1. The van der Waals surface area contributed by atoms with Crippen molar-refractivity contribution in [1.82, 2.24) is 4.72 Å². The van der Waals surface area contributed by atoms with E-state index in [-0.39, 0.29) is 17.2 Å². The summed E-state index contributed by atoms with van der Waals surface area (Å²) in [5.41, 5.74) is 4.07. The number of furan rings is 1. The number of nitrogens with one attached hydrogen (secondary N) is 1. The van der Waals surface area contributed by atoms with Crippen LogP contribution in [0.15, 0.2) is 15.4 Å². The number of primary amides is 1. The van der Waals surface area contributed by atoms with Crippen LogP contribution in [0.5, 0.6) is 0 Å². The number of rotatable bonds is 6. The van der Waals surface area contributed by atoms with Crippen molar-refractivity contribution in [3.63, 3.8) is 0 Å². The van der Waals surface area contributed by atoms with Crippen LogP contribution in [-0.4, -0.2) is 31.9 Å². The molecule has 0 aliphatic carbocycles. The van der Waals surface area contributed by atoms with Crippen LogP contribution in [0.1, 0.15) is 30.2 Å². The van der Waals surface area contributed by atoms with Gasteiger partial charge in [0, 0.05) is 12.6 Å². The average Bonchev–Trinajstić information content (AvgIpc) is 2.70. The first-order valence-corrected chi connectivity index (χ1v) is 7.09. The van der Waals surface area contributed by atoms with Gasteiger partial charge in [-0.05, 0) is 20.8 Å². The van der Waals surface area contributed by atoms with Crippen LogP contribution in [0.25, 0.3) is 0 Å². The number of hydrogen-bond acceptors (Lipinski definition) is 5. The van der Waals surface area contributed by atoms with Gasteiger partial charge in [-0.25, -0.2) is 17.9 Å². The quantitative estimate of drug-likeness (QED) is 0.679. The molecule has 0 fully saturated rings. The first kappa shape index (κ1) is 16.2. The Hall–Kier alpha value is -1.87. The second kappa shape index (κ2) is 5.25. The van der Waals surface area contributed by atoms with E-state index in [1.807, 2.05) is 0 Å². The Labute approximate surface area is 116 Å². The maximum Gasteiger partial charge on any atom is 0.371 e. The van der Waals surface area contributed by atoms with Crippen LogP contribution in [0, 0.1) is 12.3 Å². The van der Waals surface area contributed by atoms with Crippen LogP contribution in [0.4, 0.5) is 0 Å². The van der Waals surface area contributed by atoms with Gasteiger partial charge in [-0.15, -0.1) is 0 Å². The van der Waals surface area contributed by atoms with Gasteiger partial charge in [0.15, 0.2) is 0 Å². The molecule has 0 aromatic carbocycles. The highest BCUT2D eigenvalue weighted by atomic mass is 32.2. The predicted molar refractivity (Wildman–Crippen MR) is 68.6 cm³/mol. The largest absolute Gasteiger partial charge is 0.475 e. The summed E-state index contributed by atoms with van der Waals surface area (Å²) in [5, 5.41) is 8.75. The number of amides is 1. The van der Waals surface area contributed by atoms with E-state index in [2.05, 4.69) is 4.72 Å². The zero-order chi connectivity index (χ0) is 15.7. The molecule has 1 heterocycles. The predicted octanol–water partition coefficient (Wildman–Crippen LogP) is 0.0760. The fourth-order valence-electron chi connectivity index (χ4n) is 1.28. The van der Waals surface area contributed by atoms with Crippen molar-refractivity contribution in [3.8, 4) is 0 Å². The molecule has 0 aliphatic heterocycles. The van der Waals surface area contributed by atoms with Crippen molar-refractivity contribution < 1.29 is 27.5 Å². The average molecular weight is 304 g/mol. The first-order chi connectivity index (χ1) is 8.97. The lowest BCUT2D eigenvalue weighted by molar-refractivity contribution is -0.125. The molecular formula is C11H16N2O6S. The molecule has 0 atom stereocenters. The van der Waals surface area contributed by atoms with E-state index in [4.69, 9.17) is 15.3 Å². The Bertz CT molecular complexity index is 644. The van der Waals surface area contributed by atoms with Gasteiger partial charge in [0.1, 0.15) is 10.7 Å². The topological polar surface area (TPSA) is 140 Å². The molecule has 20 heavy (non-hydrogen) atoms. The maximum absolute atomic E-state index is 12.0. The Morgan fingerprint density at radius 3 is 2.40 bits per heavy atom. The van der Waals surface area contributed by atoms with E-state index in [0.29, 0.717) is 0 Å². The van der Waals surface area contributed by atoms with Gasteiger partial charge in [-0.3, -0.25) is 4.79 Å². The third-order valence-corrected chi connectivity index (χ3v) is 4.25. The van der Waals surface area contributed by atoms with Crippen LogP contribution in [-0.2, 0) is 14.8 Å². The molecule has 0 bridgehead atoms. The third-order valence-electron chi connectivity index (χ3n) is 2.74. The van der Waals surface area contributed by atoms with Gasteiger partial charge in [-0.2, -0.15) is 0 Å². The molecule has 8 nitrogen and oxygen atoms in total. The van der Waals surface area contributed by atoms with Crippen molar-refractivity contribution in [3.05, 3.63) is 17.6 Å². The fourth-order valence-corrected chi connectivity index (χ4v) is 2.67. The second-order valence-corrected chi connectivity index (χ2v) is 6.64. The van der Waals surface area contributed by atoms with Crippen molar-refractivity contribution >= 4 is 21.9 Å². The Morgan fingerprint density at radius 1 is 1.45 bits per heavy atom. The SMILES string of the molecule is Cc1oc(C(=O)O)cc1S(=O)(=O)NCC(C)(C)C(N)=O. The zero-order valence-corrected chi connectivity index (χ0v) is 12.1. The number of carbonyl (C=O) groups excluding carboxylic acids is 1. The molecule has 0 saturated carbocycles. The minimum Gasteiger partial charge on any atom is -0.475 e. The van der Waals surface area contributed by atoms with Crippen LogP contribution >= 0.6 is 0 Å². The summed E-state index contributed by atoms with van der Waals surface area (Å²) in [6, 6.07) is 0.914. The summed E-state index contributed by atoms with van der Waals surface area (Å²) < 4.78 is 31.1. The molecule has 0 spiro atoms. The summed E-state index contributed by atoms with van der Waals surface area (Å²) in [6.07, 6.45) is 0. The molecule has 9 heteroatoms. The molecule has 1 aromatic rings. The Kier molecular flexibility index (Phi) is 4.25. The molecular weight excluding hydrogens is 288 g/mol. The maximum atomic E-state index is 12.0. The van der Waals surface area contributed by atoms with Gasteiger partial charge < -0.3 is 15.3 Å². The van der Waals surface area contributed by atoms with Crippen LogP contribution < -0.4 is 10.5 Å². The number of hydrogen-bond donors (Lipinski definition) is 3. The highest BCUT2D eigenvalue weighted by Crippen LogP contribution is 2.21. The van der Waals surface area contributed by atoms with E-state index in [0.717, 1.165) is 6.07 Å². The van der Waals surface area contributed by atoms with Gasteiger partial charge in [0.05, 0.1) is 5.41 Å². The molecule has 1 aromatic heterocycles. The highest BCUT2D eigenvalue weighted by molar-refractivity contribution is 7.89. The summed E-state index contributed by atoms with van der Waals surface area (Å²) in [5.74, 6) is -2.55. The zero-order valence-electron chi connectivity index (χ0n) is 11.3. The van der Waals surface area contributed by atoms with Crippen molar-refractivity contribution in [1.29, 1.82) is 0 Å². The first-order valence-electron chi connectivity index (χ1n) is 5.60. The second-order valence-electron chi connectivity index (χ2n) is 4.91. The molecule has 1 amide bonds. The number of aromatic carboxylic acids is 1. The number of carboxylic acids is 1. The summed E-state index contributed by atoms with van der Waals surface area (Å²) >= 11 is 0. The minimum absolute atomic E-state index is 0.0493. The lowest BCUT2D eigenvalue weighted by Crippen LogP contribution is -2.42. The standard InChI is InChI=1S/C11H16N2O6S/c1-6-8(4-7(19-6)9(14)15)20(17,18)13-5-11(2,3)10(12)16/h4,13H,5H2,1-3H3,(H2,12,16)(H,14,15). The third kappa shape index (κ3) is 3.36. The van der Waals surface area contributed by atoms with E-state index in [9.17, 15) is 18.0 Å². The molecule has 0 saturated heterocycles. The van der Waals surface area contributed by atoms with E-state index in [1.165, 1.54) is 20.8 Å². The normalized spacial score (nSPS) is 12.3. The van der Waals surface area contributed by atoms with Crippen molar-refractivity contribution in [2.24, 2.45) is 11.1 Å². The van der Waals surface area contributed by atoms with Crippen molar-refractivity contribution in [2.75, 3.05) is 6.54 Å². The van der Waals surface area contributed by atoms with Crippen LogP contribution in [0.2, 0.25) is 0 Å². The minimum atomic E-state index is -3.99. The van der Waals surface area contributed by atoms with E-state index in [1.54, 1.807) is 0 Å². The molecule has 112 valence electrons. The Balaban J connectivity index is 3.01. The smallest absolute Gasteiger partial charge is 0.371 e. The van der Waals surface area contributed by atoms with Crippen LogP contribution in [0.3, 0.4) is 0 Å². The number of carbonyl (C=O) groups is 2.